The number of rotatable bonds is 1. The first-order valence-electron chi connectivity index (χ1n) is 1.66. The summed E-state index contributed by atoms with van der Waals surface area (Å²) in [6, 6.07) is 0. The van der Waals surface area contributed by atoms with Crippen molar-refractivity contribution >= 4 is 17.6 Å². The van der Waals surface area contributed by atoms with Crippen LogP contribution in [0.25, 0.3) is 0 Å². The Hall–Kier alpha value is -0.500. The zero-order valence-electron chi connectivity index (χ0n) is 3.85. The summed E-state index contributed by atoms with van der Waals surface area (Å²) in [6.45, 7) is 0. The third-order valence-corrected chi connectivity index (χ3v) is 0.526. The minimum Gasteiger partial charge on any atom is -0.466 e. The molecule has 0 amide bonds. The van der Waals surface area contributed by atoms with Crippen LogP contribution in [0.15, 0.2) is 11.6 Å². The molecule has 0 atom stereocenters. The van der Waals surface area contributed by atoms with Crippen LogP contribution in [-0.4, -0.2) is 13.1 Å². The molecule has 0 aliphatic heterocycles. The Labute approximate surface area is 46.7 Å². The van der Waals surface area contributed by atoms with Gasteiger partial charge in [0.15, 0.2) is 0 Å². The van der Waals surface area contributed by atoms with Gasteiger partial charge in [-0.3, -0.25) is 0 Å². The lowest BCUT2D eigenvalue weighted by atomic mass is 10.7. The molecule has 3 heteroatoms. The molecule has 2 nitrogen and oxygen atoms in total. The molecule has 0 aliphatic carbocycles. The highest BCUT2D eigenvalue weighted by Gasteiger charge is 1.85. The van der Waals surface area contributed by atoms with Crippen LogP contribution in [0.4, 0.5) is 0 Å². The maximum absolute atomic E-state index is 10.0. The zero-order chi connectivity index (χ0) is 5.70. The number of hydrogen-bond donors (Lipinski definition) is 0. The number of methoxy groups -OCH3 is 1. The largest absolute Gasteiger partial charge is 0.466 e. The second-order valence-corrected chi connectivity index (χ2v) is 1.07. The Morgan fingerprint density at radius 2 is 2.43 bits per heavy atom. The molecule has 0 spiro atoms. The first-order valence-corrected chi connectivity index (χ1v) is 2.09. The van der Waals surface area contributed by atoms with Crippen LogP contribution in [0.5, 0.6) is 0 Å². The predicted octanol–water partition coefficient (Wildman–Crippen LogP) is 0.912. The summed E-state index contributed by atoms with van der Waals surface area (Å²) in [5.74, 6) is -0.435. The fourth-order valence-corrected chi connectivity index (χ4v) is 0.222. The molecule has 7 heavy (non-hydrogen) atoms. The number of carbonyl (C=O) groups excluding carboxylic acids is 1. The molecule has 0 N–H and O–H groups in total. The maximum Gasteiger partial charge on any atom is 0.331 e. The summed E-state index contributed by atoms with van der Waals surface area (Å²) in [7, 11) is 1.29. The van der Waals surface area contributed by atoms with Gasteiger partial charge in [-0.25, -0.2) is 4.79 Å². The molecule has 0 saturated carbocycles. The van der Waals surface area contributed by atoms with Crippen molar-refractivity contribution in [2.45, 2.75) is 0 Å². The molecule has 0 unspecified atom stereocenters. The smallest absolute Gasteiger partial charge is 0.331 e. The van der Waals surface area contributed by atoms with Gasteiger partial charge in [0.25, 0.3) is 0 Å². The molecule has 0 rings (SSSR count). The average molecular weight is 121 g/mol. The van der Waals surface area contributed by atoms with Crippen LogP contribution < -0.4 is 0 Å². The number of halogens is 1. The van der Waals surface area contributed by atoms with Gasteiger partial charge in [-0.15, -0.1) is 0 Å². The molecule has 0 radical (unpaired) electrons. The lowest BCUT2D eigenvalue weighted by Gasteiger charge is -1.84. The Balaban J connectivity index is 3.37. The van der Waals surface area contributed by atoms with Crippen LogP contribution >= 0.6 is 11.6 Å². The van der Waals surface area contributed by atoms with E-state index in [1.807, 2.05) is 0 Å². The number of ether oxygens (including phenoxy) is 1. The number of carbonyl (C=O) groups is 1. The van der Waals surface area contributed by atoms with E-state index in [1.165, 1.54) is 7.11 Å². The molecular formula is C4H5ClO2. The van der Waals surface area contributed by atoms with Gasteiger partial charge in [0.1, 0.15) is 0 Å². The minimum atomic E-state index is -0.435. The molecule has 0 aromatic heterocycles. The second-order valence-electron chi connectivity index (χ2n) is 0.816. The first-order chi connectivity index (χ1) is 3.31. The summed E-state index contributed by atoms with van der Waals surface area (Å²) < 4.78 is 4.18. The van der Waals surface area contributed by atoms with Gasteiger partial charge in [-0.05, 0) is 0 Å². The molecule has 0 fully saturated rings. The van der Waals surface area contributed by atoms with Gasteiger partial charge < -0.3 is 4.74 Å². The quantitative estimate of drug-likeness (QED) is 0.380. The van der Waals surface area contributed by atoms with Crippen LogP contribution in [0.2, 0.25) is 0 Å². The third kappa shape index (κ3) is 3.33. The van der Waals surface area contributed by atoms with Gasteiger partial charge in [0.05, 0.1) is 7.11 Å². The van der Waals surface area contributed by atoms with Gasteiger partial charge >= 0.3 is 5.97 Å². The predicted molar refractivity (Wildman–Crippen MR) is 27.0 cm³/mol. The van der Waals surface area contributed by atoms with Crippen molar-refractivity contribution in [3.05, 3.63) is 11.6 Å². The molecule has 0 heterocycles. The van der Waals surface area contributed by atoms with E-state index in [9.17, 15) is 4.79 Å². The monoisotopic (exact) mass is 120 g/mol. The Bertz CT molecular complexity index is 87.7. The Morgan fingerprint density at radius 3 is 2.57 bits per heavy atom. The second kappa shape index (κ2) is 3.68. The Kier molecular flexibility index (Phi) is 3.42. The minimum absolute atomic E-state index is 0.435. The summed E-state index contributed by atoms with van der Waals surface area (Å²) >= 11 is 4.99. The normalized spacial score (nSPS) is 9.43. The third-order valence-electron chi connectivity index (χ3n) is 0.400. The van der Waals surface area contributed by atoms with Crippen molar-refractivity contribution in [3.63, 3.8) is 0 Å². The molecule has 0 aromatic rings. The van der Waals surface area contributed by atoms with Crippen LogP contribution in [-0.2, 0) is 9.53 Å². The van der Waals surface area contributed by atoms with Crippen molar-refractivity contribution in [1.82, 2.24) is 0 Å². The van der Waals surface area contributed by atoms with E-state index >= 15 is 0 Å². The van der Waals surface area contributed by atoms with Crippen LogP contribution in [0, 0.1) is 0 Å². The van der Waals surface area contributed by atoms with Gasteiger partial charge in [0, 0.05) is 11.6 Å². The van der Waals surface area contributed by atoms with E-state index in [4.69, 9.17) is 11.6 Å². The highest BCUT2D eigenvalue weighted by atomic mass is 35.5. The summed E-state index contributed by atoms with van der Waals surface area (Å²) in [5, 5.41) is 0. The van der Waals surface area contributed by atoms with E-state index in [0.717, 1.165) is 11.6 Å². The molecule has 0 bridgehead atoms. The zero-order valence-corrected chi connectivity index (χ0v) is 4.61. The van der Waals surface area contributed by atoms with Gasteiger partial charge in [0.2, 0.25) is 0 Å². The number of hydrogen-bond acceptors (Lipinski definition) is 2. The van der Waals surface area contributed by atoms with Gasteiger partial charge in [-0.1, -0.05) is 11.6 Å². The molecule has 0 aliphatic rings. The maximum atomic E-state index is 10.0. The standard InChI is InChI=1S/C4H5ClO2/c1-7-4(6)2-3-5/h2-3H,1H3. The molecule has 0 aromatic carbocycles. The summed E-state index contributed by atoms with van der Waals surface area (Å²) in [4.78, 5) is 10.0. The molecular weight excluding hydrogens is 115 g/mol. The first kappa shape index (κ1) is 6.50. The summed E-state index contributed by atoms with van der Waals surface area (Å²) in [5.41, 5.74) is 1.10. The SMILES string of the molecule is COC(=O)C=CCl. The average Bonchev–Trinajstić information content (AvgIpc) is 1.68. The van der Waals surface area contributed by atoms with Crippen molar-refractivity contribution in [2.24, 2.45) is 0 Å². The fourth-order valence-electron chi connectivity index (χ4n) is 0.119. The van der Waals surface area contributed by atoms with Crippen molar-refractivity contribution < 1.29 is 9.53 Å². The van der Waals surface area contributed by atoms with E-state index in [0.29, 0.717) is 0 Å². The lowest BCUT2D eigenvalue weighted by Crippen LogP contribution is -1.92. The van der Waals surface area contributed by atoms with E-state index in [1.54, 1.807) is 0 Å². The highest BCUT2D eigenvalue weighted by Crippen LogP contribution is 1.79. The van der Waals surface area contributed by atoms with Crippen LogP contribution in [0.3, 0.4) is 0 Å². The van der Waals surface area contributed by atoms with Gasteiger partial charge in [-0.2, -0.15) is 0 Å². The van der Waals surface area contributed by atoms with Crippen molar-refractivity contribution in [1.29, 1.82) is 0 Å². The fraction of sp³-hybridized carbons (Fsp3) is 0.250. The Morgan fingerprint density at radius 1 is 1.86 bits per heavy atom. The molecule has 0 saturated heterocycles. The van der Waals surface area contributed by atoms with Crippen molar-refractivity contribution in [3.8, 4) is 0 Å². The lowest BCUT2D eigenvalue weighted by molar-refractivity contribution is -0.134. The highest BCUT2D eigenvalue weighted by molar-refractivity contribution is 6.26. The number of esters is 1. The van der Waals surface area contributed by atoms with E-state index < -0.39 is 5.97 Å². The topological polar surface area (TPSA) is 26.3 Å². The van der Waals surface area contributed by atoms with E-state index in [-0.39, 0.29) is 0 Å². The van der Waals surface area contributed by atoms with Crippen molar-refractivity contribution in [2.75, 3.05) is 7.11 Å². The van der Waals surface area contributed by atoms with E-state index in [2.05, 4.69) is 4.74 Å². The molecule has 40 valence electrons. The van der Waals surface area contributed by atoms with Crippen LogP contribution in [0.1, 0.15) is 0 Å². The summed E-state index contributed by atoms with van der Waals surface area (Å²) in [6.07, 6.45) is 1.13.